The Morgan fingerprint density at radius 2 is 1.61 bits per heavy atom. The van der Waals surface area contributed by atoms with E-state index in [1.54, 1.807) is 16.7 Å². The van der Waals surface area contributed by atoms with E-state index in [0.29, 0.717) is 29.4 Å². The summed E-state index contributed by atoms with van der Waals surface area (Å²) in [6, 6.07) is 18.5. The number of para-hydroxylation sites is 2. The summed E-state index contributed by atoms with van der Waals surface area (Å²) in [5.74, 6) is -0.0334. The molecule has 1 saturated carbocycles. The molecule has 5 heteroatoms. The first-order valence-corrected chi connectivity index (χ1v) is 9.43. The predicted octanol–water partition coefficient (Wildman–Crippen LogP) is 4.06. The van der Waals surface area contributed by atoms with Crippen molar-refractivity contribution in [2.75, 3.05) is 0 Å². The van der Waals surface area contributed by atoms with Crippen LogP contribution in [0.5, 0.6) is 0 Å². The lowest BCUT2D eigenvalue weighted by atomic mass is 9.80. The molecular weight excluding hydrogens is 355 g/mol. The van der Waals surface area contributed by atoms with Crippen LogP contribution in [0, 0.1) is 0 Å². The third-order valence-corrected chi connectivity index (χ3v) is 5.83. The van der Waals surface area contributed by atoms with Crippen molar-refractivity contribution in [3.8, 4) is 5.69 Å². The molecule has 2 aromatic heterocycles. The molecule has 1 aliphatic carbocycles. The molecule has 0 radical (unpaired) electrons. The molecule has 1 fully saturated rings. The molecule has 1 aliphatic rings. The molecular formula is C23H19FN2O2. The van der Waals surface area contributed by atoms with Gasteiger partial charge in [0.2, 0.25) is 5.43 Å². The molecule has 0 amide bonds. The molecule has 28 heavy (non-hydrogen) atoms. The molecule has 5 rings (SSSR count). The summed E-state index contributed by atoms with van der Waals surface area (Å²) in [5, 5.41) is 0.694. The Bertz CT molecular complexity index is 1330. The highest BCUT2D eigenvalue weighted by Gasteiger charge is 2.33. The maximum atomic E-state index is 13.6. The summed E-state index contributed by atoms with van der Waals surface area (Å²) in [4.78, 5) is 26.7. The van der Waals surface area contributed by atoms with Crippen molar-refractivity contribution in [1.82, 2.24) is 9.13 Å². The van der Waals surface area contributed by atoms with Crippen LogP contribution in [0.25, 0.3) is 27.5 Å². The van der Waals surface area contributed by atoms with Crippen molar-refractivity contribution in [3.63, 3.8) is 0 Å². The van der Waals surface area contributed by atoms with Gasteiger partial charge in [0.05, 0.1) is 11.0 Å². The average molecular weight is 374 g/mol. The Balaban J connectivity index is 1.95. The lowest BCUT2D eigenvalue weighted by Gasteiger charge is -2.32. The van der Waals surface area contributed by atoms with E-state index in [1.165, 1.54) is 0 Å². The van der Waals surface area contributed by atoms with E-state index in [2.05, 4.69) is 0 Å². The molecule has 0 bridgehead atoms. The highest BCUT2D eigenvalue weighted by Crippen LogP contribution is 2.39. The van der Waals surface area contributed by atoms with E-state index in [1.807, 2.05) is 60.1 Å². The number of hydrogen-bond acceptors (Lipinski definition) is 2. The molecule has 140 valence electrons. The molecule has 4 aromatic rings. The van der Waals surface area contributed by atoms with Crippen LogP contribution in [0.4, 0.5) is 4.39 Å². The van der Waals surface area contributed by atoms with Crippen molar-refractivity contribution >= 4 is 21.8 Å². The average Bonchev–Trinajstić information content (AvgIpc) is 2.69. The first-order chi connectivity index (χ1) is 13.6. The monoisotopic (exact) mass is 374 g/mol. The fourth-order valence-corrected chi connectivity index (χ4v) is 4.25. The third-order valence-electron chi connectivity index (χ3n) is 5.83. The summed E-state index contributed by atoms with van der Waals surface area (Å²) < 4.78 is 17.1. The van der Waals surface area contributed by atoms with Gasteiger partial charge >= 0.3 is 0 Å². The van der Waals surface area contributed by atoms with Crippen LogP contribution in [-0.4, -0.2) is 15.3 Å². The smallest absolute Gasteiger partial charge is 0.268 e. The Hall–Kier alpha value is -3.21. The van der Waals surface area contributed by atoms with Gasteiger partial charge in [0, 0.05) is 29.7 Å². The quantitative estimate of drug-likeness (QED) is 0.497. The number of nitrogens with zero attached hydrogens (tertiary/aromatic N) is 2. The van der Waals surface area contributed by atoms with Gasteiger partial charge in [-0.3, -0.25) is 14.2 Å². The summed E-state index contributed by atoms with van der Waals surface area (Å²) in [5.41, 5.74) is 2.23. The molecule has 0 saturated heterocycles. The minimum atomic E-state index is -0.833. The van der Waals surface area contributed by atoms with Gasteiger partial charge in [-0.2, -0.15) is 0 Å². The van der Waals surface area contributed by atoms with Crippen LogP contribution in [-0.2, 0) is 7.05 Å². The summed E-state index contributed by atoms with van der Waals surface area (Å²) in [6.07, 6.45) is -0.0287. The van der Waals surface area contributed by atoms with Gasteiger partial charge < -0.3 is 4.57 Å². The maximum absolute atomic E-state index is 13.6. The molecule has 0 spiro atoms. The second-order valence-electron chi connectivity index (χ2n) is 7.48. The molecule has 2 heterocycles. The van der Waals surface area contributed by atoms with Crippen molar-refractivity contribution < 1.29 is 4.39 Å². The number of pyridine rings is 2. The summed E-state index contributed by atoms with van der Waals surface area (Å²) >= 11 is 0. The fraction of sp³-hybridized carbons (Fsp3) is 0.217. The minimum Gasteiger partial charge on any atom is -0.343 e. The van der Waals surface area contributed by atoms with E-state index < -0.39 is 6.17 Å². The van der Waals surface area contributed by atoms with Gasteiger partial charge in [-0.15, -0.1) is 0 Å². The van der Waals surface area contributed by atoms with E-state index in [-0.39, 0.29) is 22.3 Å². The topological polar surface area (TPSA) is 44.0 Å². The van der Waals surface area contributed by atoms with Gasteiger partial charge in [0.15, 0.2) is 0 Å². The molecule has 0 unspecified atom stereocenters. The number of aryl methyl sites for hydroxylation is 1. The highest BCUT2D eigenvalue weighted by atomic mass is 19.1. The maximum Gasteiger partial charge on any atom is 0.268 e. The molecule has 0 aliphatic heterocycles. The first-order valence-electron chi connectivity index (χ1n) is 9.43. The van der Waals surface area contributed by atoms with E-state index in [9.17, 15) is 14.0 Å². The zero-order chi connectivity index (χ0) is 19.4. The molecule has 2 aromatic carbocycles. The van der Waals surface area contributed by atoms with E-state index in [0.717, 1.165) is 11.2 Å². The molecule has 0 atom stereocenters. The van der Waals surface area contributed by atoms with Crippen LogP contribution in [0.2, 0.25) is 0 Å². The van der Waals surface area contributed by atoms with Gasteiger partial charge in [-0.05, 0) is 43.2 Å². The molecule has 4 nitrogen and oxygen atoms in total. The van der Waals surface area contributed by atoms with Crippen LogP contribution in [0.1, 0.15) is 24.5 Å². The number of hydrogen-bond donors (Lipinski definition) is 0. The second kappa shape index (κ2) is 6.16. The zero-order valence-corrected chi connectivity index (χ0v) is 15.4. The van der Waals surface area contributed by atoms with Gasteiger partial charge in [-0.1, -0.05) is 30.3 Å². The van der Waals surface area contributed by atoms with Crippen LogP contribution < -0.4 is 11.0 Å². The summed E-state index contributed by atoms with van der Waals surface area (Å²) in [7, 11) is 1.86. The number of fused-ring (bicyclic) bond motifs is 2. The number of alkyl halides is 1. The Morgan fingerprint density at radius 3 is 2.32 bits per heavy atom. The van der Waals surface area contributed by atoms with Gasteiger partial charge in [0.25, 0.3) is 5.56 Å². The Morgan fingerprint density at radius 1 is 0.929 bits per heavy atom. The summed E-state index contributed by atoms with van der Waals surface area (Å²) in [6.45, 7) is 0. The normalized spacial score (nSPS) is 19.1. The number of aromatic nitrogens is 2. The van der Waals surface area contributed by atoms with Crippen molar-refractivity contribution in [1.29, 1.82) is 0 Å². The zero-order valence-electron chi connectivity index (χ0n) is 15.4. The third kappa shape index (κ3) is 2.35. The Labute approximate surface area is 160 Å². The van der Waals surface area contributed by atoms with Gasteiger partial charge in [0.1, 0.15) is 11.6 Å². The van der Waals surface area contributed by atoms with E-state index in [4.69, 9.17) is 0 Å². The second-order valence-corrected chi connectivity index (χ2v) is 7.48. The Kier molecular flexibility index (Phi) is 3.72. The molecule has 0 N–H and O–H groups in total. The van der Waals surface area contributed by atoms with Crippen molar-refractivity contribution in [3.05, 3.63) is 86.9 Å². The highest BCUT2D eigenvalue weighted by molar-refractivity contribution is 5.93. The van der Waals surface area contributed by atoms with Gasteiger partial charge in [-0.25, -0.2) is 4.39 Å². The van der Waals surface area contributed by atoms with Crippen LogP contribution >= 0.6 is 0 Å². The van der Waals surface area contributed by atoms with Crippen LogP contribution in [0.15, 0.2) is 70.3 Å². The first kappa shape index (κ1) is 16.9. The number of benzene rings is 2. The van der Waals surface area contributed by atoms with Crippen LogP contribution in [0.3, 0.4) is 0 Å². The predicted molar refractivity (Wildman–Crippen MR) is 109 cm³/mol. The minimum absolute atomic E-state index is 0.0334. The number of halogens is 1. The lowest BCUT2D eigenvalue weighted by Crippen LogP contribution is -2.33. The fourth-order valence-electron chi connectivity index (χ4n) is 4.25. The SMILES string of the molecule is Cn1c2ccccc2c(=O)c2c(=O)n(-c3ccccc3)c(C3CC(F)C3)cc21. The van der Waals surface area contributed by atoms with E-state index >= 15 is 0 Å². The lowest BCUT2D eigenvalue weighted by molar-refractivity contribution is 0.175. The van der Waals surface area contributed by atoms with Crippen molar-refractivity contribution in [2.24, 2.45) is 7.05 Å². The van der Waals surface area contributed by atoms with Crippen molar-refractivity contribution in [2.45, 2.75) is 24.9 Å². The standard InChI is InChI=1S/C23H19FN2O2/c1-25-18-10-6-5-9-17(18)22(27)21-20(25)13-19(14-11-15(24)12-14)26(23(21)28)16-7-3-2-4-8-16/h2-10,13-15H,11-12H2,1H3. The number of rotatable bonds is 2. The largest absolute Gasteiger partial charge is 0.343 e.